The van der Waals surface area contributed by atoms with Gasteiger partial charge < -0.3 is 20.9 Å². The maximum Gasteiger partial charge on any atom is 0.246 e. The van der Waals surface area contributed by atoms with E-state index in [1.54, 1.807) is 0 Å². The summed E-state index contributed by atoms with van der Waals surface area (Å²) in [6, 6.07) is 0. The van der Waals surface area contributed by atoms with Gasteiger partial charge in [-0.3, -0.25) is 9.59 Å². The minimum atomic E-state index is -0.736. The summed E-state index contributed by atoms with van der Waals surface area (Å²) < 4.78 is 9.64. The van der Waals surface area contributed by atoms with E-state index in [0.29, 0.717) is 0 Å². The Hall–Kier alpha value is -1.14. The van der Waals surface area contributed by atoms with Gasteiger partial charge in [0.05, 0.1) is 0 Å². The highest BCUT2D eigenvalue weighted by Crippen LogP contribution is 1.93. The Balaban J connectivity index is 3.56. The number of carbonyl (C=O) groups is 2. The van der Waals surface area contributed by atoms with Crippen molar-refractivity contribution < 1.29 is 19.1 Å². The minimum absolute atomic E-state index is 0.186. The molecule has 0 radical (unpaired) electrons. The van der Waals surface area contributed by atoms with Crippen molar-refractivity contribution >= 4 is 11.8 Å². The minimum Gasteiger partial charge on any atom is -0.367 e. The van der Waals surface area contributed by atoms with E-state index in [2.05, 4.69) is 0 Å². The number of nitrogens with two attached hydrogens (primary N) is 2. The Kier molecular flexibility index (Phi) is 5.01. The molecule has 76 valence electrons. The predicted octanol–water partition coefficient (Wildman–Crippen LogP) is -1.28. The average molecular weight is 190 g/mol. The van der Waals surface area contributed by atoms with Crippen molar-refractivity contribution in [3.8, 4) is 0 Å². The molecule has 0 aromatic heterocycles. The normalized spacial score (nSPS) is 14.9. The zero-order chi connectivity index (χ0) is 10.4. The van der Waals surface area contributed by atoms with Crippen LogP contribution in [0.2, 0.25) is 0 Å². The molecule has 13 heavy (non-hydrogen) atoms. The van der Waals surface area contributed by atoms with E-state index < -0.39 is 24.0 Å². The molecule has 0 aliphatic rings. The van der Waals surface area contributed by atoms with Crippen LogP contribution in [0, 0.1) is 0 Å². The average Bonchev–Trinajstić information content (AvgIpc) is 2.03. The zero-order valence-electron chi connectivity index (χ0n) is 7.65. The monoisotopic (exact) mass is 190 g/mol. The molecule has 0 heterocycles. The highest BCUT2D eigenvalue weighted by molar-refractivity contribution is 5.78. The maximum absolute atomic E-state index is 10.5. The lowest BCUT2D eigenvalue weighted by atomic mass is 10.4. The summed E-state index contributed by atoms with van der Waals surface area (Å²) in [5, 5.41) is 0. The van der Waals surface area contributed by atoms with Gasteiger partial charge in [0.15, 0.2) is 0 Å². The summed E-state index contributed by atoms with van der Waals surface area (Å²) in [4.78, 5) is 20.9. The standard InChI is InChI=1S/C7H14N2O4/c1-4(6(8)10)12-3-13-5(2)7(9)11/h4-5H,3H2,1-2H3,(H2,8,10)(H2,9,11). The third-order valence-electron chi connectivity index (χ3n) is 1.44. The first-order chi connectivity index (χ1) is 5.95. The summed E-state index contributed by atoms with van der Waals surface area (Å²) in [6.07, 6.45) is -1.47. The molecule has 2 amide bonds. The molecule has 0 aromatic rings. The Morgan fingerprint density at radius 2 is 1.38 bits per heavy atom. The number of rotatable bonds is 6. The molecule has 2 unspecified atom stereocenters. The molecule has 0 aliphatic heterocycles. The number of carbonyl (C=O) groups excluding carboxylic acids is 2. The molecule has 0 aromatic carbocycles. The van der Waals surface area contributed by atoms with E-state index in [0.717, 1.165) is 0 Å². The number of hydrogen-bond acceptors (Lipinski definition) is 4. The number of amides is 2. The van der Waals surface area contributed by atoms with E-state index in [-0.39, 0.29) is 6.79 Å². The largest absolute Gasteiger partial charge is 0.367 e. The molecule has 6 nitrogen and oxygen atoms in total. The lowest BCUT2D eigenvalue weighted by Gasteiger charge is -2.12. The molecule has 0 spiro atoms. The van der Waals surface area contributed by atoms with E-state index in [1.165, 1.54) is 13.8 Å². The highest BCUT2D eigenvalue weighted by atomic mass is 16.7. The van der Waals surface area contributed by atoms with Gasteiger partial charge in [-0.25, -0.2) is 0 Å². The van der Waals surface area contributed by atoms with Crippen LogP contribution in [0.3, 0.4) is 0 Å². The van der Waals surface area contributed by atoms with E-state index in [4.69, 9.17) is 20.9 Å². The Bertz CT molecular complexity index is 175. The predicted molar refractivity (Wildman–Crippen MR) is 44.3 cm³/mol. The molecule has 0 saturated heterocycles. The lowest BCUT2D eigenvalue weighted by molar-refractivity contribution is -0.152. The third kappa shape index (κ3) is 5.15. The fourth-order valence-corrected chi connectivity index (χ4v) is 0.408. The molecule has 0 bridgehead atoms. The van der Waals surface area contributed by atoms with Gasteiger partial charge in [-0.1, -0.05) is 0 Å². The third-order valence-corrected chi connectivity index (χ3v) is 1.44. The fourth-order valence-electron chi connectivity index (χ4n) is 0.408. The molecule has 0 aliphatic carbocycles. The second-order valence-corrected chi connectivity index (χ2v) is 2.54. The van der Waals surface area contributed by atoms with Gasteiger partial charge in [-0.15, -0.1) is 0 Å². The van der Waals surface area contributed by atoms with Crippen molar-refractivity contribution in [1.29, 1.82) is 0 Å². The zero-order valence-corrected chi connectivity index (χ0v) is 7.65. The quantitative estimate of drug-likeness (QED) is 0.509. The second kappa shape index (κ2) is 5.50. The van der Waals surface area contributed by atoms with E-state index in [9.17, 15) is 9.59 Å². The molecule has 6 heteroatoms. The van der Waals surface area contributed by atoms with Crippen LogP contribution in [-0.4, -0.2) is 30.8 Å². The summed E-state index contributed by atoms with van der Waals surface area (Å²) >= 11 is 0. The van der Waals surface area contributed by atoms with Crippen LogP contribution in [0.25, 0.3) is 0 Å². The number of hydrogen-bond donors (Lipinski definition) is 2. The molecule has 0 saturated carbocycles. The number of ether oxygens (including phenoxy) is 2. The summed E-state index contributed by atoms with van der Waals surface area (Å²) in [5.74, 6) is -1.18. The SMILES string of the molecule is CC(OCOC(C)C(N)=O)C(N)=O. The topological polar surface area (TPSA) is 105 Å². The molecule has 4 N–H and O–H groups in total. The second-order valence-electron chi connectivity index (χ2n) is 2.54. The molecule has 2 atom stereocenters. The maximum atomic E-state index is 10.5. The van der Waals surface area contributed by atoms with Gasteiger partial charge in [0, 0.05) is 0 Å². The van der Waals surface area contributed by atoms with Gasteiger partial charge in [0.25, 0.3) is 0 Å². The highest BCUT2D eigenvalue weighted by Gasteiger charge is 2.11. The van der Waals surface area contributed by atoms with Crippen molar-refractivity contribution in [2.75, 3.05) is 6.79 Å². The lowest BCUT2D eigenvalue weighted by Crippen LogP contribution is -2.32. The first-order valence-electron chi connectivity index (χ1n) is 3.77. The molecule has 0 fully saturated rings. The van der Waals surface area contributed by atoms with Crippen LogP contribution in [0.5, 0.6) is 0 Å². The molecule has 0 rings (SSSR count). The van der Waals surface area contributed by atoms with Gasteiger partial charge >= 0.3 is 0 Å². The van der Waals surface area contributed by atoms with Crippen molar-refractivity contribution in [2.24, 2.45) is 11.5 Å². The van der Waals surface area contributed by atoms with Gasteiger partial charge in [0.2, 0.25) is 11.8 Å². The van der Waals surface area contributed by atoms with E-state index >= 15 is 0 Å². The van der Waals surface area contributed by atoms with Crippen LogP contribution in [-0.2, 0) is 19.1 Å². The Morgan fingerprint density at radius 1 is 1.08 bits per heavy atom. The summed E-state index contributed by atoms with van der Waals surface area (Å²) in [7, 11) is 0. The number of primary amides is 2. The van der Waals surface area contributed by atoms with Crippen molar-refractivity contribution in [3.05, 3.63) is 0 Å². The van der Waals surface area contributed by atoms with Crippen LogP contribution in [0.1, 0.15) is 13.8 Å². The molecular weight excluding hydrogens is 176 g/mol. The molecular formula is C7H14N2O4. The first kappa shape index (κ1) is 11.9. The smallest absolute Gasteiger partial charge is 0.246 e. The fraction of sp³-hybridized carbons (Fsp3) is 0.714. The Morgan fingerprint density at radius 3 is 1.62 bits per heavy atom. The Labute approximate surface area is 76.2 Å². The summed E-state index contributed by atoms with van der Waals surface area (Å²) in [5.41, 5.74) is 9.80. The summed E-state index contributed by atoms with van der Waals surface area (Å²) in [6.45, 7) is 2.79. The van der Waals surface area contributed by atoms with E-state index in [1.807, 2.05) is 0 Å². The van der Waals surface area contributed by atoms with Crippen LogP contribution < -0.4 is 11.5 Å². The van der Waals surface area contributed by atoms with Crippen molar-refractivity contribution in [1.82, 2.24) is 0 Å². The van der Waals surface area contributed by atoms with Crippen molar-refractivity contribution in [3.63, 3.8) is 0 Å². The van der Waals surface area contributed by atoms with Crippen molar-refractivity contribution in [2.45, 2.75) is 26.1 Å². The van der Waals surface area contributed by atoms with Crippen LogP contribution in [0.15, 0.2) is 0 Å². The van der Waals surface area contributed by atoms with Gasteiger partial charge in [0.1, 0.15) is 19.0 Å². The van der Waals surface area contributed by atoms with Crippen LogP contribution >= 0.6 is 0 Å². The van der Waals surface area contributed by atoms with Crippen LogP contribution in [0.4, 0.5) is 0 Å². The first-order valence-corrected chi connectivity index (χ1v) is 3.77. The van der Waals surface area contributed by atoms with Gasteiger partial charge in [-0.05, 0) is 13.8 Å². The van der Waals surface area contributed by atoms with Gasteiger partial charge in [-0.2, -0.15) is 0 Å².